The summed E-state index contributed by atoms with van der Waals surface area (Å²) in [4.78, 5) is 12.9. The van der Waals surface area contributed by atoms with E-state index in [-0.39, 0.29) is 5.56 Å². The molecule has 0 amide bonds. The first-order valence-electron chi connectivity index (χ1n) is 6.13. The number of hydrogen-bond donors (Lipinski definition) is 1. The summed E-state index contributed by atoms with van der Waals surface area (Å²) >= 11 is 0. The number of aromatic carboxylic acids is 1. The smallest absolute Gasteiger partial charge is 0.335 e. The average molecular weight is 266 g/mol. The summed E-state index contributed by atoms with van der Waals surface area (Å²) in [6.45, 7) is 0.604. The second-order valence-corrected chi connectivity index (χ2v) is 4.52. The van der Waals surface area contributed by atoms with Gasteiger partial charge in [0.15, 0.2) is 0 Å². The predicted octanol–water partition coefficient (Wildman–Crippen LogP) is 2.89. The van der Waals surface area contributed by atoms with E-state index < -0.39 is 5.97 Å². The van der Waals surface area contributed by atoms with Gasteiger partial charge in [0.1, 0.15) is 0 Å². The Balaban J connectivity index is 2.14. The zero-order chi connectivity index (χ0) is 14.5. The quantitative estimate of drug-likeness (QED) is 0.924. The second kappa shape index (κ2) is 5.89. The van der Waals surface area contributed by atoms with Crippen molar-refractivity contribution in [3.05, 3.63) is 65.2 Å². The largest absolute Gasteiger partial charge is 0.478 e. The number of hydrogen-bond acceptors (Lipinski definition) is 3. The van der Waals surface area contributed by atoms with Crippen LogP contribution in [0.1, 0.15) is 21.5 Å². The van der Waals surface area contributed by atoms with Crippen LogP contribution in [0.25, 0.3) is 0 Å². The minimum Gasteiger partial charge on any atom is -0.478 e. The van der Waals surface area contributed by atoms with Gasteiger partial charge in [0.05, 0.1) is 17.2 Å². The molecule has 0 aliphatic heterocycles. The summed E-state index contributed by atoms with van der Waals surface area (Å²) in [7, 11) is 1.93. The van der Waals surface area contributed by atoms with Gasteiger partial charge in [-0.3, -0.25) is 0 Å². The molecule has 0 aliphatic rings. The number of nitriles is 1. The van der Waals surface area contributed by atoms with Crippen LogP contribution < -0.4 is 4.90 Å². The van der Waals surface area contributed by atoms with Crippen LogP contribution in [0, 0.1) is 11.3 Å². The van der Waals surface area contributed by atoms with E-state index in [9.17, 15) is 4.79 Å². The monoisotopic (exact) mass is 266 g/mol. The third-order valence-corrected chi connectivity index (χ3v) is 3.03. The highest BCUT2D eigenvalue weighted by molar-refractivity contribution is 5.87. The van der Waals surface area contributed by atoms with Crippen LogP contribution in [0.3, 0.4) is 0 Å². The Morgan fingerprint density at radius 1 is 1.25 bits per heavy atom. The molecule has 0 spiro atoms. The maximum atomic E-state index is 10.9. The molecule has 0 saturated heterocycles. The Kier molecular flexibility index (Phi) is 4.02. The topological polar surface area (TPSA) is 64.3 Å². The van der Waals surface area contributed by atoms with Crippen molar-refractivity contribution in [2.45, 2.75) is 6.54 Å². The van der Waals surface area contributed by atoms with E-state index in [1.807, 2.05) is 30.1 Å². The average Bonchev–Trinajstić information content (AvgIpc) is 2.47. The highest BCUT2D eigenvalue weighted by Crippen LogP contribution is 2.17. The molecule has 4 nitrogen and oxygen atoms in total. The number of carbonyl (C=O) groups is 1. The summed E-state index contributed by atoms with van der Waals surface area (Å²) in [6.07, 6.45) is 0. The molecule has 20 heavy (non-hydrogen) atoms. The number of carboxylic acid groups (broad SMARTS) is 1. The Hall–Kier alpha value is -2.80. The molecule has 0 radical (unpaired) electrons. The van der Waals surface area contributed by atoms with Crippen LogP contribution in [0.4, 0.5) is 5.69 Å². The van der Waals surface area contributed by atoms with Gasteiger partial charge in [-0.15, -0.1) is 0 Å². The second-order valence-electron chi connectivity index (χ2n) is 4.52. The van der Waals surface area contributed by atoms with Crippen molar-refractivity contribution in [1.29, 1.82) is 5.26 Å². The first-order valence-corrected chi connectivity index (χ1v) is 6.13. The summed E-state index contributed by atoms with van der Waals surface area (Å²) in [5, 5.41) is 17.7. The van der Waals surface area contributed by atoms with Crippen molar-refractivity contribution < 1.29 is 9.90 Å². The Bertz CT molecular complexity index is 657. The maximum Gasteiger partial charge on any atom is 0.335 e. The number of nitrogens with zero attached hydrogens (tertiary/aromatic N) is 2. The summed E-state index contributed by atoms with van der Waals surface area (Å²) < 4.78 is 0. The standard InChI is InChI=1S/C16H14N2O2/c1-18(15-7-5-12(10-17)6-8-15)11-13-3-2-4-14(9-13)16(19)20/h2-9H,11H2,1H3,(H,19,20). The Morgan fingerprint density at radius 3 is 2.55 bits per heavy atom. The molecule has 0 aromatic heterocycles. The van der Waals surface area contributed by atoms with Crippen molar-refractivity contribution >= 4 is 11.7 Å². The predicted molar refractivity (Wildman–Crippen MR) is 76.7 cm³/mol. The minimum absolute atomic E-state index is 0.288. The summed E-state index contributed by atoms with van der Waals surface area (Å²) in [6, 6.07) is 16.2. The van der Waals surface area contributed by atoms with E-state index in [1.54, 1.807) is 30.3 Å². The van der Waals surface area contributed by atoms with Gasteiger partial charge in [0, 0.05) is 19.3 Å². The van der Waals surface area contributed by atoms with E-state index in [2.05, 4.69) is 6.07 Å². The van der Waals surface area contributed by atoms with Crippen molar-refractivity contribution in [2.75, 3.05) is 11.9 Å². The number of anilines is 1. The van der Waals surface area contributed by atoms with Gasteiger partial charge in [-0.2, -0.15) is 5.26 Å². The molecule has 0 aliphatic carbocycles. The lowest BCUT2D eigenvalue weighted by atomic mass is 10.1. The molecule has 0 unspecified atom stereocenters. The van der Waals surface area contributed by atoms with Crippen molar-refractivity contribution in [1.82, 2.24) is 0 Å². The molecule has 4 heteroatoms. The van der Waals surface area contributed by atoms with Crippen LogP contribution in [0.5, 0.6) is 0 Å². The third kappa shape index (κ3) is 3.15. The number of carboxylic acids is 1. The van der Waals surface area contributed by atoms with E-state index in [4.69, 9.17) is 10.4 Å². The molecule has 2 aromatic rings. The lowest BCUT2D eigenvalue weighted by Gasteiger charge is -2.19. The molecular formula is C16H14N2O2. The molecule has 2 rings (SSSR count). The van der Waals surface area contributed by atoms with Crippen molar-refractivity contribution in [3.8, 4) is 6.07 Å². The summed E-state index contributed by atoms with van der Waals surface area (Å²) in [5.74, 6) is -0.923. The molecule has 0 atom stereocenters. The first kappa shape index (κ1) is 13.6. The van der Waals surface area contributed by atoms with Gasteiger partial charge >= 0.3 is 5.97 Å². The number of rotatable bonds is 4. The van der Waals surface area contributed by atoms with Gasteiger partial charge in [0.2, 0.25) is 0 Å². The van der Waals surface area contributed by atoms with Crippen LogP contribution in [-0.4, -0.2) is 18.1 Å². The van der Waals surface area contributed by atoms with Crippen molar-refractivity contribution in [3.63, 3.8) is 0 Å². The van der Waals surface area contributed by atoms with Gasteiger partial charge in [-0.05, 0) is 42.0 Å². The highest BCUT2D eigenvalue weighted by Gasteiger charge is 2.06. The highest BCUT2D eigenvalue weighted by atomic mass is 16.4. The lowest BCUT2D eigenvalue weighted by Crippen LogP contribution is -2.16. The molecule has 0 bridgehead atoms. The Morgan fingerprint density at radius 2 is 1.95 bits per heavy atom. The van der Waals surface area contributed by atoms with Crippen LogP contribution in [0.2, 0.25) is 0 Å². The Labute approximate surface area is 117 Å². The number of benzene rings is 2. The zero-order valence-electron chi connectivity index (χ0n) is 11.1. The van der Waals surface area contributed by atoms with E-state index >= 15 is 0 Å². The SMILES string of the molecule is CN(Cc1cccc(C(=O)O)c1)c1ccc(C#N)cc1. The van der Waals surface area contributed by atoms with Crippen molar-refractivity contribution in [2.24, 2.45) is 0 Å². The molecule has 2 aromatic carbocycles. The van der Waals surface area contributed by atoms with Gasteiger partial charge in [-0.1, -0.05) is 12.1 Å². The molecule has 100 valence electrons. The minimum atomic E-state index is -0.923. The first-order chi connectivity index (χ1) is 9.60. The fraction of sp³-hybridized carbons (Fsp3) is 0.125. The molecule has 0 fully saturated rings. The molecule has 0 heterocycles. The van der Waals surface area contributed by atoms with Gasteiger partial charge in [0.25, 0.3) is 0 Å². The van der Waals surface area contributed by atoms with Crippen LogP contribution in [-0.2, 0) is 6.54 Å². The van der Waals surface area contributed by atoms with Gasteiger partial charge in [-0.25, -0.2) is 4.79 Å². The fourth-order valence-corrected chi connectivity index (χ4v) is 1.96. The summed E-state index contributed by atoms with van der Waals surface area (Å²) in [5.41, 5.74) is 2.81. The zero-order valence-corrected chi connectivity index (χ0v) is 11.1. The molecule has 0 saturated carbocycles. The van der Waals surface area contributed by atoms with Crippen LogP contribution in [0.15, 0.2) is 48.5 Å². The lowest BCUT2D eigenvalue weighted by molar-refractivity contribution is 0.0696. The maximum absolute atomic E-state index is 10.9. The van der Waals surface area contributed by atoms with E-state index in [1.165, 1.54) is 0 Å². The molecule has 1 N–H and O–H groups in total. The van der Waals surface area contributed by atoms with E-state index in [0.29, 0.717) is 12.1 Å². The molecular weight excluding hydrogens is 252 g/mol. The van der Waals surface area contributed by atoms with E-state index in [0.717, 1.165) is 11.3 Å². The van der Waals surface area contributed by atoms with Crippen LogP contribution >= 0.6 is 0 Å². The normalized spacial score (nSPS) is 9.80. The fourth-order valence-electron chi connectivity index (χ4n) is 1.96. The third-order valence-electron chi connectivity index (χ3n) is 3.03. The van der Waals surface area contributed by atoms with Gasteiger partial charge < -0.3 is 10.0 Å².